The van der Waals surface area contributed by atoms with Gasteiger partial charge in [0.2, 0.25) is 0 Å². The summed E-state index contributed by atoms with van der Waals surface area (Å²) in [5.41, 5.74) is 4.22. The molecule has 0 aliphatic carbocycles. The van der Waals surface area contributed by atoms with E-state index in [2.05, 4.69) is 47.2 Å². The van der Waals surface area contributed by atoms with Gasteiger partial charge in [-0.2, -0.15) is 0 Å². The number of hydrogen-bond donors (Lipinski definition) is 2. The molecular formula is C13H16N2S. The Hall–Kier alpha value is -1.16. The second-order valence-corrected chi connectivity index (χ2v) is 4.87. The fraction of sp³-hybridized carbons (Fsp3) is 0.231. The highest BCUT2D eigenvalue weighted by molar-refractivity contribution is 7.09. The standard InChI is InChI=1S/C13H16N2S/c14-15-12(10-13-7-4-8-16-13)9-11-5-2-1-3-6-11/h1-8,12,15H,9-10,14H2. The lowest BCUT2D eigenvalue weighted by molar-refractivity contribution is 0.526. The van der Waals surface area contributed by atoms with Crippen molar-refractivity contribution >= 4 is 11.3 Å². The maximum atomic E-state index is 5.59. The monoisotopic (exact) mass is 232 g/mol. The first-order chi connectivity index (χ1) is 7.88. The molecule has 0 spiro atoms. The molecule has 1 heterocycles. The first-order valence-corrected chi connectivity index (χ1v) is 6.29. The smallest absolute Gasteiger partial charge is 0.0299 e. The zero-order valence-electron chi connectivity index (χ0n) is 9.10. The summed E-state index contributed by atoms with van der Waals surface area (Å²) in [6.07, 6.45) is 1.96. The Kier molecular flexibility index (Phi) is 4.10. The summed E-state index contributed by atoms with van der Waals surface area (Å²) in [5.74, 6) is 5.59. The van der Waals surface area contributed by atoms with Gasteiger partial charge in [0, 0.05) is 10.9 Å². The highest BCUT2D eigenvalue weighted by Gasteiger charge is 2.08. The maximum Gasteiger partial charge on any atom is 0.0299 e. The van der Waals surface area contributed by atoms with Crippen LogP contribution in [0.25, 0.3) is 0 Å². The van der Waals surface area contributed by atoms with Crippen LogP contribution < -0.4 is 11.3 Å². The lowest BCUT2D eigenvalue weighted by atomic mass is 10.0. The summed E-state index contributed by atoms with van der Waals surface area (Å²) in [6, 6.07) is 15.0. The minimum atomic E-state index is 0.307. The van der Waals surface area contributed by atoms with Gasteiger partial charge in [-0.1, -0.05) is 36.4 Å². The summed E-state index contributed by atoms with van der Waals surface area (Å²) in [5, 5.41) is 2.10. The van der Waals surface area contributed by atoms with E-state index in [0.717, 1.165) is 12.8 Å². The van der Waals surface area contributed by atoms with Crippen molar-refractivity contribution in [3.63, 3.8) is 0 Å². The number of hydrogen-bond acceptors (Lipinski definition) is 3. The molecule has 0 amide bonds. The molecule has 2 aromatic rings. The number of thiophene rings is 1. The Morgan fingerprint density at radius 3 is 2.50 bits per heavy atom. The highest BCUT2D eigenvalue weighted by Crippen LogP contribution is 2.13. The molecule has 0 aliphatic rings. The molecule has 0 saturated heterocycles. The van der Waals surface area contributed by atoms with Gasteiger partial charge in [0.15, 0.2) is 0 Å². The first-order valence-electron chi connectivity index (χ1n) is 5.41. The zero-order chi connectivity index (χ0) is 11.2. The van der Waals surface area contributed by atoms with Crippen molar-refractivity contribution in [3.05, 3.63) is 58.3 Å². The topological polar surface area (TPSA) is 38.0 Å². The number of nitrogens with two attached hydrogens (primary N) is 1. The molecular weight excluding hydrogens is 216 g/mol. The predicted molar refractivity (Wildman–Crippen MR) is 69.3 cm³/mol. The Morgan fingerprint density at radius 2 is 1.88 bits per heavy atom. The Bertz CT molecular complexity index is 397. The summed E-state index contributed by atoms with van der Waals surface area (Å²) in [7, 11) is 0. The van der Waals surface area contributed by atoms with Crippen LogP contribution >= 0.6 is 11.3 Å². The largest absolute Gasteiger partial charge is 0.271 e. The number of hydrazine groups is 1. The molecule has 0 fully saturated rings. The normalized spacial score (nSPS) is 12.6. The van der Waals surface area contributed by atoms with Crippen molar-refractivity contribution in [1.82, 2.24) is 5.43 Å². The zero-order valence-corrected chi connectivity index (χ0v) is 9.91. The number of rotatable bonds is 5. The van der Waals surface area contributed by atoms with E-state index in [1.807, 2.05) is 6.07 Å². The van der Waals surface area contributed by atoms with Gasteiger partial charge in [0.05, 0.1) is 0 Å². The third-order valence-corrected chi connectivity index (χ3v) is 3.49. The van der Waals surface area contributed by atoms with Crippen molar-refractivity contribution in [2.45, 2.75) is 18.9 Å². The summed E-state index contributed by atoms with van der Waals surface area (Å²) < 4.78 is 0. The van der Waals surface area contributed by atoms with E-state index >= 15 is 0 Å². The average Bonchev–Trinajstić information content (AvgIpc) is 2.82. The van der Waals surface area contributed by atoms with Gasteiger partial charge in [-0.25, -0.2) is 0 Å². The fourth-order valence-corrected chi connectivity index (χ4v) is 2.55. The van der Waals surface area contributed by atoms with Crippen LogP contribution in [0.5, 0.6) is 0 Å². The highest BCUT2D eigenvalue weighted by atomic mass is 32.1. The van der Waals surface area contributed by atoms with Crippen LogP contribution in [0.2, 0.25) is 0 Å². The maximum absolute atomic E-state index is 5.59. The molecule has 1 unspecified atom stereocenters. The molecule has 1 aromatic heterocycles. The third-order valence-electron chi connectivity index (χ3n) is 2.59. The van der Waals surface area contributed by atoms with Crippen LogP contribution in [0.1, 0.15) is 10.4 Å². The van der Waals surface area contributed by atoms with Crippen LogP contribution in [-0.4, -0.2) is 6.04 Å². The molecule has 0 bridgehead atoms. The number of nitrogens with one attached hydrogen (secondary N) is 1. The van der Waals surface area contributed by atoms with Crippen molar-refractivity contribution in [1.29, 1.82) is 0 Å². The van der Waals surface area contributed by atoms with Gasteiger partial charge in [-0.15, -0.1) is 11.3 Å². The molecule has 2 rings (SSSR count). The molecule has 1 atom stereocenters. The minimum Gasteiger partial charge on any atom is -0.271 e. The summed E-state index contributed by atoms with van der Waals surface area (Å²) >= 11 is 1.78. The van der Waals surface area contributed by atoms with Gasteiger partial charge in [-0.05, 0) is 29.9 Å². The van der Waals surface area contributed by atoms with Crippen LogP contribution in [0.4, 0.5) is 0 Å². The molecule has 0 radical (unpaired) electrons. The van der Waals surface area contributed by atoms with Crippen LogP contribution in [0.15, 0.2) is 47.8 Å². The molecule has 1 aromatic carbocycles. The lowest BCUT2D eigenvalue weighted by Gasteiger charge is -2.14. The molecule has 3 N–H and O–H groups in total. The summed E-state index contributed by atoms with van der Waals surface area (Å²) in [6.45, 7) is 0. The van der Waals surface area contributed by atoms with Gasteiger partial charge in [0.1, 0.15) is 0 Å². The quantitative estimate of drug-likeness (QED) is 0.613. The van der Waals surface area contributed by atoms with Gasteiger partial charge < -0.3 is 0 Å². The Balaban J connectivity index is 1.96. The van der Waals surface area contributed by atoms with Crippen molar-refractivity contribution in [2.24, 2.45) is 5.84 Å². The molecule has 84 valence electrons. The molecule has 0 aliphatic heterocycles. The molecule has 3 heteroatoms. The van der Waals surface area contributed by atoms with Crippen molar-refractivity contribution in [2.75, 3.05) is 0 Å². The number of benzene rings is 1. The second kappa shape index (κ2) is 5.80. The van der Waals surface area contributed by atoms with E-state index in [9.17, 15) is 0 Å². The Morgan fingerprint density at radius 1 is 1.06 bits per heavy atom. The third kappa shape index (κ3) is 3.17. The average molecular weight is 232 g/mol. The van der Waals surface area contributed by atoms with Crippen molar-refractivity contribution < 1.29 is 0 Å². The van der Waals surface area contributed by atoms with E-state index in [0.29, 0.717) is 6.04 Å². The SMILES string of the molecule is NNC(Cc1ccccc1)Cc1cccs1. The predicted octanol–water partition coefficient (Wildman–Crippen LogP) is 2.37. The molecule has 16 heavy (non-hydrogen) atoms. The van der Waals surface area contributed by atoms with Gasteiger partial charge >= 0.3 is 0 Å². The van der Waals surface area contributed by atoms with Crippen LogP contribution in [-0.2, 0) is 12.8 Å². The Labute approximate surface area is 100 Å². The van der Waals surface area contributed by atoms with E-state index in [1.165, 1.54) is 10.4 Å². The van der Waals surface area contributed by atoms with Crippen molar-refractivity contribution in [3.8, 4) is 0 Å². The minimum absolute atomic E-state index is 0.307. The molecule has 0 saturated carbocycles. The van der Waals surface area contributed by atoms with E-state index in [1.54, 1.807) is 11.3 Å². The summed E-state index contributed by atoms with van der Waals surface area (Å²) in [4.78, 5) is 1.37. The van der Waals surface area contributed by atoms with Gasteiger partial charge in [-0.3, -0.25) is 11.3 Å². The second-order valence-electron chi connectivity index (χ2n) is 3.84. The lowest BCUT2D eigenvalue weighted by Crippen LogP contribution is -2.38. The van der Waals surface area contributed by atoms with E-state index in [-0.39, 0.29) is 0 Å². The van der Waals surface area contributed by atoms with E-state index < -0.39 is 0 Å². The van der Waals surface area contributed by atoms with Gasteiger partial charge in [0.25, 0.3) is 0 Å². The van der Waals surface area contributed by atoms with E-state index in [4.69, 9.17) is 5.84 Å². The fourth-order valence-electron chi connectivity index (χ4n) is 1.76. The van der Waals surface area contributed by atoms with Crippen LogP contribution in [0.3, 0.4) is 0 Å². The van der Waals surface area contributed by atoms with Crippen LogP contribution in [0, 0.1) is 0 Å². The first kappa shape index (κ1) is 11.3. The molecule has 2 nitrogen and oxygen atoms in total.